The number of rotatable bonds is 4. The molecule has 27 heavy (non-hydrogen) atoms. The molecular weight excluding hydrogens is 332 g/mol. The Balaban J connectivity index is 1.53. The topological polar surface area (TPSA) is 41.1 Å². The molecule has 1 fully saturated rings. The van der Waals surface area contributed by atoms with Gasteiger partial charge in [0.1, 0.15) is 0 Å². The van der Waals surface area contributed by atoms with Crippen LogP contribution in [-0.4, -0.2) is 19.0 Å². The van der Waals surface area contributed by atoms with E-state index in [0.29, 0.717) is 5.92 Å². The summed E-state index contributed by atoms with van der Waals surface area (Å²) in [6.07, 6.45) is 2.27. The first kappa shape index (κ1) is 17.7. The van der Waals surface area contributed by atoms with Crippen molar-refractivity contribution in [3.8, 4) is 0 Å². The van der Waals surface area contributed by atoms with Crippen LogP contribution >= 0.6 is 0 Å². The van der Waals surface area contributed by atoms with Gasteiger partial charge in [-0.1, -0.05) is 54.6 Å². The molecule has 2 N–H and O–H groups in total. The second kappa shape index (κ2) is 7.93. The normalized spacial score (nSPS) is 16.2. The summed E-state index contributed by atoms with van der Waals surface area (Å²) in [7, 11) is 0. The van der Waals surface area contributed by atoms with Crippen LogP contribution in [0.25, 0.3) is 10.8 Å². The Kier molecular flexibility index (Phi) is 5.21. The average Bonchev–Trinajstić information content (AvgIpc) is 2.74. The number of carbonyl (C=O) groups excluding carboxylic acids is 1. The Labute approximate surface area is 160 Å². The van der Waals surface area contributed by atoms with Gasteiger partial charge < -0.3 is 10.6 Å². The monoisotopic (exact) mass is 358 g/mol. The molecule has 1 heterocycles. The van der Waals surface area contributed by atoms with E-state index < -0.39 is 0 Å². The van der Waals surface area contributed by atoms with Crippen LogP contribution in [0.3, 0.4) is 0 Å². The molecule has 3 aromatic rings. The minimum atomic E-state index is -0.0499. The van der Waals surface area contributed by atoms with Gasteiger partial charge in [0.05, 0.1) is 6.04 Å². The largest absolute Gasteiger partial charge is 0.345 e. The van der Waals surface area contributed by atoms with Crippen molar-refractivity contribution in [2.75, 3.05) is 13.1 Å². The van der Waals surface area contributed by atoms with Crippen molar-refractivity contribution in [3.05, 3.63) is 83.4 Å². The first-order valence-electron chi connectivity index (χ1n) is 9.81. The Morgan fingerprint density at radius 3 is 2.59 bits per heavy atom. The molecular formula is C24H26N2O. The van der Waals surface area contributed by atoms with Gasteiger partial charge in [0, 0.05) is 5.56 Å². The molecule has 0 saturated carbocycles. The highest BCUT2D eigenvalue weighted by atomic mass is 16.1. The first-order chi connectivity index (χ1) is 13.2. The smallest absolute Gasteiger partial charge is 0.251 e. The lowest BCUT2D eigenvalue weighted by Crippen LogP contribution is -2.28. The standard InChI is InChI=1S/C24H26N2O/c1-17(22-11-5-7-19-6-2-3-10-23(19)22)26-24(27)21-9-4-8-20(16-21)18-12-14-25-15-13-18/h2-11,16-18,25H,12-15H2,1H3,(H,26,27)/t17-/m1/s1. The lowest BCUT2D eigenvalue weighted by molar-refractivity contribution is 0.0940. The number of nitrogens with one attached hydrogen (secondary N) is 2. The minimum absolute atomic E-state index is 0.00813. The van der Waals surface area contributed by atoms with Gasteiger partial charge in [-0.15, -0.1) is 0 Å². The number of carbonyl (C=O) groups is 1. The van der Waals surface area contributed by atoms with Gasteiger partial charge in [0.15, 0.2) is 0 Å². The summed E-state index contributed by atoms with van der Waals surface area (Å²) in [6, 6.07) is 22.7. The predicted molar refractivity (Wildman–Crippen MR) is 111 cm³/mol. The van der Waals surface area contributed by atoms with E-state index in [0.717, 1.165) is 37.1 Å². The zero-order valence-corrected chi connectivity index (χ0v) is 15.7. The van der Waals surface area contributed by atoms with E-state index >= 15 is 0 Å². The van der Waals surface area contributed by atoms with E-state index in [1.54, 1.807) is 0 Å². The van der Waals surface area contributed by atoms with Crippen molar-refractivity contribution in [2.24, 2.45) is 0 Å². The van der Waals surface area contributed by atoms with Crippen LogP contribution in [0.15, 0.2) is 66.7 Å². The number of benzene rings is 3. The third-order valence-electron chi connectivity index (χ3n) is 5.60. The van der Waals surface area contributed by atoms with Gasteiger partial charge in [0.25, 0.3) is 5.91 Å². The van der Waals surface area contributed by atoms with E-state index in [1.807, 2.05) is 24.3 Å². The Hall–Kier alpha value is -2.65. The van der Waals surface area contributed by atoms with Gasteiger partial charge in [-0.25, -0.2) is 0 Å². The lowest BCUT2D eigenvalue weighted by atomic mass is 9.89. The third kappa shape index (κ3) is 3.88. The van der Waals surface area contributed by atoms with Crippen molar-refractivity contribution >= 4 is 16.7 Å². The summed E-state index contributed by atoms with van der Waals surface area (Å²) < 4.78 is 0. The highest BCUT2D eigenvalue weighted by Gasteiger charge is 2.18. The fourth-order valence-electron chi connectivity index (χ4n) is 4.07. The zero-order chi connectivity index (χ0) is 18.6. The van der Waals surface area contributed by atoms with E-state index in [-0.39, 0.29) is 11.9 Å². The maximum absolute atomic E-state index is 12.9. The second-order valence-corrected chi connectivity index (χ2v) is 7.41. The fourth-order valence-corrected chi connectivity index (χ4v) is 4.07. The Bertz CT molecular complexity index is 939. The van der Waals surface area contributed by atoms with E-state index in [9.17, 15) is 4.79 Å². The van der Waals surface area contributed by atoms with Crippen LogP contribution in [0.1, 0.15) is 53.2 Å². The lowest BCUT2D eigenvalue weighted by Gasteiger charge is -2.23. The molecule has 0 bridgehead atoms. The molecule has 0 aromatic heterocycles. The van der Waals surface area contributed by atoms with Gasteiger partial charge in [-0.2, -0.15) is 0 Å². The predicted octanol–water partition coefficient (Wildman–Crippen LogP) is 4.80. The van der Waals surface area contributed by atoms with Gasteiger partial charge in [-0.3, -0.25) is 4.79 Å². The summed E-state index contributed by atoms with van der Waals surface area (Å²) >= 11 is 0. The minimum Gasteiger partial charge on any atom is -0.345 e. The third-order valence-corrected chi connectivity index (χ3v) is 5.60. The molecule has 0 unspecified atom stereocenters. The molecule has 1 saturated heterocycles. The molecule has 0 aliphatic carbocycles. The Morgan fingerprint density at radius 1 is 1.00 bits per heavy atom. The van der Waals surface area contributed by atoms with Crippen LogP contribution in [0, 0.1) is 0 Å². The molecule has 4 rings (SSSR count). The second-order valence-electron chi connectivity index (χ2n) is 7.41. The summed E-state index contributed by atoms with van der Waals surface area (Å²) in [5.74, 6) is 0.542. The van der Waals surface area contributed by atoms with Crippen molar-refractivity contribution < 1.29 is 4.79 Å². The van der Waals surface area contributed by atoms with Crippen LogP contribution in [0.2, 0.25) is 0 Å². The highest BCUT2D eigenvalue weighted by molar-refractivity contribution is 5.95. The maximum Gasteiger partial charge on any atom is 0.251 e. The number of amides is 1. The average molecular weight is 358 g/mol. The molecule has 1 aliphatic rings. The zero-order valence-electron chi connectivity index (χ0n) is 15.7. The number of piperidine rings is 1. The van der Waals surface area contributed by atoms with Crippen molar-refractivity contribution in [1.29, 1.82) is 0 Å². The molecule has 1 amide bonds. The molecule has 1 aliphatic heterocycles. The van der Waals surface area contributed by atoms with Crippen LogP contribution < -0.4 is 10.6 Å². The highest BCUT2D eigenvalue weighted by Crippen LogP contribution is 2.27. The van der Waals surface area contributed by atoms with E-state index in [2.05, 4.69) is 60.0 Å². The summed E-state index contributed by atoms with van der Waals surface area (Å²) in [6.45, 7) is 4.16. The van der Waals surface area contributed by atoms with Crippen molar-refractivity contribution in [1.82, 2.24) is 10.6 Å². The number of hydrogen-bond donors (Lipinski definition) is 2. The van der Waals surface area contributed by atoms with Crippen LogP contribution in [0.4, 0.5) is 0 Å². The molecule has 3 heteroatoms. The SMILES string of the molecule is C[C@@H](NC(=O)c1cccc(C2CCNCC2)c1)c1cccc2ccccc12. The molecule has 1 atom stereocenters. The molecule has 3 nitrogen and oxygen atoms in total. The molecule has 138 valence electrons. The summed E-state index contributed by atoms with van der Waals surface area (Å²) in [5, 5.41) is 8.97. The number of fused-ring (bicyclic) bond motifs is 1. The van der Waals surface area contributed by atoms with Crippen molar-refractivity contribution in [3.63, 3.8) is 0 Å². The summed E-state index contributed by atoms with van der Waals surface area (Å²) in [4.78, 5) is 12.9. The molecule has 0 spiro atoms. The fraction of sp³-hybridized carbons (Fsp3) is 0.292. The Morgan fingerprint density at radius 2 is 1.74 bits per heavy atom. The van der Waals surface area contributed by atoms with Gasteiger partial charge >= 0.3 is 0 Å². The van der Waals surface area contributed by atoms with E-state index in [1.165, 1.54) is 16.3 Å². The first-order valence-corrected chi connectivity index (χ1v) is 9.81. The quantitative estimate of drug-likeness (QED) is 0.703. The van der Waals surface area contributed by atoms with E-state index in [4.69, 9.17) is 0 Å². The van der Waals surface area contributed by atoms with Gasteiger partial charge in [0.2, 0.25) is 0 Å². The summed E-state index contributed by atoms with van der Waals surface area (Å²) in [5.41, 5.74) is 3.18. The maximum atomic E-state index is 12.9. The van der Waals surface area contributed by atoms with Crippen LogP contribution in [0.5, 0.6) is 0 Å². The van der Waals surface area contributed by atoms with Crippen molar-refractivity contribution in [2.45, 2.75) is 31.7 Å². The van der Waals surface area contributed by atoms with Gasteiger partial charge in [-0.05, 0) is 72.8 Å². The molecule has 3 aromatic carbocycles. The number of hydrogen-bond acceptors (Lipinski definition) is 2. The molecule has 0 radical (unpaired) electrons. The van der Waals surface area contributed by atoms with Crippen LogP contribution in [-0.2, 0) is 0 Å².